The Morgan fingerprint density at radius 3 is 2.14 bits per heavy atom. The third-order valence-electron chi connectivity index (χ3n) is 8.06. The highest BCUT2D eigenvalue weighted by Crippen LogP contribution is 2.55. The van der Waals surface area contributed by atoms with Crippen LogP contribution in [0.4, 0.5) is 0 Å². The van der Waals surface area contributed by atoms with E-state index in [1.807, 2.05) is 0 Å². The van der Waals surface area contributed by atoms with Crippen molar-refractivity contribution in [3.8, 4) is 0 Å². The predicted molar refractivity (Wildman–Crippen MR) is 133 cm³/mol. The summed E-state index contributed by atoms with van der Waals surface area (Å²) in [6.07, 6.45) is 5.05. The summed E-state index contributed by atoms with van der Waals surface area (Å²) < 4.78 is 27.2. The van der Waals surface area contributed by atoms with Gasteiger partial charge in [-0.15, -0.1) is 0 Å². The first-order valence-corrected chi connectivity index (χ1v) is 13.8. The van der Waals surface area contributed by atoms with Crippen LogP contribution in [0.3, 0.4) is 0 Å². The second kappa shape index (κ2) is 8.88. The van der Waals surface area contributed by atoms with Crippen molar-refractivity contribution in [3.05, 3.63) is 95.3 Å². The largest absolute Gasteiger partial charge is 0.356 e. The lowest BCUT2D eigenvalue weighted by molar-refractivity contribution is -0.126. The molecule has 1 fully saturated rings. The number of aromatic nitrogens is 1. The molecule has 1 unspecified atom stereocenters. The SMILES string of the molecule is O=C(NCC1CC2c3ccccc3C1c1ccccc12)C1CCN(S(=O)(=O)c2cccnc2)CC1. The first kappa shape index (κ1) is 22.4. The number of nitrogens with one attached hydrogen (secondary N) is 1. The molecule has 7 heteroatoms. The number of fused-ring (bicyclic) bond motifs is 1. The molecule has 1 amide bonds. The van der Waals surface area contributed by atoms with Gasteiger partial charge >= 0.3 is 0 Å². The molecule has 1 N–H and O–H groups in total. The maximum absolute atomic E-state index is 13.1. The lowest BCUT2D eigenvalue weighted by Gasteiger charge is -2.45. The summed E-state index contributed by atoms with van der Waals surface area (Å²) in [6, 6.07) is 20.7. The van der Waals surface area contributed by atoms with E-state index in [2.05, 4.69) is 58.8 Å². The Morgan fingerprint density at radius 2 is 1.54 bits per heavy atom. The van der Waals surface area contributed by atoms with E-state index in [0.29, 0.717) is 50.2 Å². The molecule has 0 spiro atoms. The maximum Gasteiger partial charge on any atom is 0.244 e. The Bertz CT molecular complexity index is 1300. The summed E-state index contributed by atoms with van der Waals surface area (Å²) in [6.45, 7) is 1.35. The van der Waals surface area contributed by atoms with Crippen LogP contribution in [0, 0.1) is 11.8 Å². The molecule has 3 aliphatic carbocycles. The van der Waals surface area contributed by atoms with Crippen molar-refractivity contribution in [2.45, 2.75) is 36.0 Å². The first-order chi connectivity index (χ1) is 17.0. The van der Waals surface area contributed by atoms with Gasteiger partial charge in [-0.05, 0) is 59.6 Å². The van der Waals surface area contributed by atoms with Crippen LogP contribution in [0.5, 0.6) is 0 Å². The summed E-state index contributed by atoms with van der Waals surface area (Å²) >= 11 is 0. The van der Waals surface area contributed by atoms with Crippen molar-refractivity contribution in [1.29, 1.82) is 0 Å². The molecule has 7 rings (SSSR count). The molecule has 3 aromatic rings. The number of benzene rings is 2. The first-order valence-electron chi connectivity index (χ1n) is 12.4. The van der Waals surface area contributed by atoms with Gasteiger partial charge in [-0.2, -0.15) is 4.31 Å². The molecule has 1 aromatic heterocycles. The monoisotopic (exact) mass is 487 g/mol. The normalized spacial score (nSPS) is 23.9. The number of hydrogen-bond acceptors (Lipinski definition) is 4. The molecule has 2 heterocycles. The zero-order chi connectivity index (χ0) is 24.0. The van der Waals surface area contributed by atoms with Crippen molar-refractivity contribution >= 4 is 15.9 Å². The maximum atomic E-state index is 13.1. The number of carbonyl (C=O) groups is 1. The Morgan fingerprint density at radius 1 is 0.914 bits per heavy atom. The number of sulfonamides is 1. The molecule has 0 radical (unpaired) electrons. The molecular formula is C28H29N3O3S. The van der Waals surface area contributed by atoms with Crippen molar-refractivity contribution in [2.24, 2.45) is 11.8 Å². The summed E-state index contributed by atoms with van der Waals surface area (Å²) in [5.74, 6) is 0.941. The topological polar surface area (TPSA) is 79.4 Å². The number of hydrogen-bond donors (Lipinski definition) is 1. The highest BCUT2D eigenvalue weighted by Gasteiger charge is 2.43. The highest BCUT2D eigenvalue weighted by atomic mass is 32.2. The second-order valence-electron chi connectivity index (χ2n) is 9.90. The number of carbonyl (C=O) groups excluding carboxylic acids is 1. The molecule has 180 valence electrons. The quantitative estimate of drug-likeness (QED) is 0.592. The van der Waals surface area contributed by atoms with Crippen LogP contribution in [-0.2, 0) is 14.8 Å². The van der Waals surface area contributed by atoms with E-state index in [1.54, 1.807) is 18.3 Å². The number of rotatable bonds is 5. The summed E-state index contributed by atoms with van der Waals surface area (Å²) in [5.41, 5.74) is 5.66. The van der Waals surface area contributed by atoms with E-state index in [1.165, 1.54) is 32.8 Å². The fourth-order valence-electron chi connectivity index (χ4n) is 6.34. The smallest absolute Gasteiger partial charge is 0.244 e. The minimum Gasteiger partial charge on any atom is -0.356 e. The molecule has 1 atom stereocenters. The Kier molecular flexibility index (Phi) is 5.69. The molecule has 2 aromatic carbocycles. The molecule has 0 saturated carbocycles. The number of pyridine rings is 1. The minimum absolute atomic E-state index is 0.0476. The Labute approximate surface area is 206 Å². The molecule has 2 bridgehead atoms. The highest BCUT2D eigenvalue weighted by molar-refractivity contribution is 7.89. The van der Waals surface area contributed by atoms with Gasteiger partial charge in [0.25, 0.3) is 0 Å². The summed E-state index contributed by atoms with van der Waals surface area (Å²) in [4.78, 5) is 17.2. The molecule has 4 aliphatic rings. The fraction of sp³-hybridized carbons (Fsp3) is 0.357. The average molecular weight is 488 g/mol. The predicted octanol–water partition coefficient (Wildman–Crippen LogP) is 3.90. The van der Waals surface area contributed by atoms with Crippen LogP contribution in [0.15, 0.2) is 78.0 Å². The van der Waals surface area contributed by atoms with Gasteiger partial charge in [0.1, 0.15) is 4.90 Å². The molecule has 1 aliphatic heterocycles. The van der Waals surface area contributed by atoms with Gasteiger partial charge in [0.15, 0.2) is 0 Å². The average Bonchev–Trinajstić information content (AvgIpc) is 2.92. The Balaban J connectivity index is 1.11. The molecule has 1 saturated heterocycles. The minimum atomic E-state index is -3.56. The Hall–Kier alpha value is -3.03. The van der Waals surface area contributed by atoms with Crippen molar-refractivity contribution in [1.82, 2.24) is 14.6 Å². The van der Waals surface area contributed by atoms with Crippen LogP contribution >= 0.6 is 0 Å². The zero-order valence-electron chi connectivity index (χ0n) is 19.5. The van der Waals surface area contributed by atoms with Gasteiger partial charge in [0.2, 0.25) is 15.9 Å². The lowest BCUT2D eigenvalue weighted by atomic mass is 9.59. The van der Waals surface area contributed by atoms with Gasteiger partial charge in [-0.25, -0.2) is 8.42 Å². The van der Waals surface area contributed by atoms with Crippen molar-refractivity contribution < 1.29 is 13.2 Å². The van der Waals surface area contributed by atoms with Crippen LogP contribution in [0.25, 0.3) is 0 Å². The number of amides is 1. The lowest BCUT2D eigenvalue weighted by Crippen LogP contribution is -2.45. The fourth-order valence-corrected chi connectivity index (χ4v) is 7.78. The van der Waals surface area contributed by atoms with Gasteiger partial charge in [0.05, 0.1) is 0 Å². The summed E-state index contributed by atoms with van der Waals surface area (Å²) in [5, 5.41) is 3.24. The van der Waals surface area contributed by atoms with E-state index >= 15 is 0 Å². The second-order valence-corrected chi connectivity index (χ2v) is 11.8. The zero-order valence-corrected chi connectivity index (χ0v) is 20.3. The van der Waals surface area contributed by atoms with Crippen LogP contribution in [0.2, 0.25) is 0 Å². The molecule has 6 nitrogen and oxygen atoms in total. The van der Waals surface area contributed by atoms with Crippen LogP contribution in [0.1, 0.15) is 53.4 Å². The van der Waals surface area contributed by atoms with Gasteiger partial charge < -0.3 is 5.32 Å². The van der Waals surface area contributed by atoms with E-state index in [4.69, 9.17) is 0 Å². The number of piperidine rings is 1. The van der Waals surface area contributed by atoms with E-state index in [9.17, 15) is 13.2 Å². The third kappa shape index (κ3) is 3.87. The van der Waals surface area contributed by atoms with Gasteiger partial charge in [-0.1, -0.05) is 48.5 Å². The summed E-state index contributed by atoms with van der Waals surface area (Å²) in [7, 11) is -3.56. The van der Waals surface area contributed by atoms with E-state index in [-0.39, 0.29) is 16.7 Å². The van der Waals surface area contributed by atoms with Crippen LogP contribution < -0.4 is 5.32 Å². The van der Waals surface area contributed by atoms with Crippen molar-refractivity contribution in [2.75, 3.05) is 19.6 Å². The van der Waals surface area contributed by atoms with Gasteiger partial charge in [0, 0.05) is 49.8 Å². The van der Waals surface area contributed by atoms with Crippen molar-refractivity contribution in [3.63, 3.8) is 0 Å². The standard InChI is InChI=1S/C28H29N3O3S/c32-28(19-11-14-31(15-12-19)35(33,34)21-6-5-13-29-18-21)30-17-20-16-26-22-7-1-3-9-24(22)27(20)25-10-4-2-8-23(25)26/h1-10,13,18-20,26-27H,11-12,14-17H2,(H,30,32). The van der Waals surface area contributed by atoms with Gasteiger partial charge in [-0.3, -0.25) is 9.78 Å². The number of nitrogens with zero attached hydrogens (tertiary/aromatic N) is 2. The van der Waals surface area contributed by atoms with E-state index < -0.39 is 10.0 Å². The molecule has 35 heavy (non-hydrogen) atoms. The molecular weight excluding hydrogens is 458 g/mol. The van der Waals surface area contributed by atoms with E-state index in [0.717, 1.165) is 6.42 Å². The van der Waals surface area contributed by atoms with Crippen LogP contribution in [-0.4, -0.2) is 43.2 Å². The third-order valence-corrected chi connectivity index (χ3v) is 9.94.